The van der Waals surface area contributed by atoms with Crippen molar-refractivity contribution >= 4 is 11.8 Å². The minimum atomic E-state index is -0.554. The van der Waals surface area contributed by atoms with Crippen LogP contribution in [0.1, 0.15) is 36.5 Å². The Labute approximate surface area is 136 Å². The molecule has 1 saturated heterocycles. The molecule has 2 amide bonds. The van der Waals surface area contributed by atoms with Crippen LogP contribution in [0.2, 0.25) is 0 Å². The molecule has 1 aromatic rings. The Hall–Kier alpha value is -1.95. The maximum absolute atomic E-state index is 13.0. The first kappa shape index (κ1) is 17.4. The lowest BCUT2D eigenvalue weighted by Gasteiger charge is -2.30. The van der Waals surface area contributed by atoms with Gasteiger partial charge in [-0.05, 0) is 62.5 Å². The van der Waals surface area contributed by atoms with Gasteiger partial charge in [0.15, 0.2) is 0 Å². The summed E-state index contributed by atoms with van der Waals surface area (Å²) >= 11 is 0. The lowest BCUT2D eigenvalue weighted by molar-refractivity contribution is -0.124. The zero-order chi connectivity index (χ0) is 16.7. The molecule has 3 N–H and O–H groups in total. The summed E-state index contributed by atoms with van der Waals surface area (Å²) in [7, 11) is 0. The van der Waals surface area contributed by atoms with Crippen molar-refractivity contribution in [1.82, 2.24) is 16.0 Å². The standard InChI is InChI=1S/C17H24FN3O2/c1-2-9-20-17(23)15(12-7-10-19-11-8-12)21-16(22)13-3-5-14(18)6-4-13/h3-6,12,15,19H,2,7-11H2,1H3,(H,20,23)(H,21,22). The van der Waals surface area contributed by atoms with E-state index in [0.717, 1.165) is 32.4 Å². The Morgan fingerprint density at radius 3 is 2.52 bits per heavy atom. The number of carbonyl (C=O) groups excluding carboxylic acids is 2. The molecule has 2 rings (SSSR count). The van der Waals surface area contributed by atoms with Crippen molar-refractivity contribution in [2.75, 3.05) is 19.6 Å². The summed E-state index contributed by atoms with van der Waals surface area (Å²) < 4.78 is 13.0. The van der Waals surface area contributed by atoms with E-state index in [1.807, 2.05) is 6.92 Å². The maximum atomic E-state index is 13.0. The van der Waals surface area contributed by atoms with E-state index in [1.54, 1.807) is 0 Å². The molecule has 0 bridgehead atoms. The number of hydrogen-bond donors (Lipinski definition) is 3. The molecule has 1 aromatic carbocycles. The highest BCUT2D eigenvalue weighted by Gasteiger charge is 2.30. The van der Waals surface area contributed by atoms with Crippen molar-refractivity contribution in [3.63, 3.8) is 0 Å². The van der Waals surface area contributed by atoms with Gasteiger partial charge in [-0.2, -0.15) is 0 Å². The Morgan fingerprint density at radius 2 is 1.91 bits per heavy atom. The van der Waals surface area contributed by atoms with E-state index in [1.165, 1.54) is 24.3 Å². The Kier molecular flexibility index (Phi) is 6.52. The van der Waals surface area contributed by atoms with Gasteiger partial charge in [-0.15, -0.1) is 0 Å². The summed E-state index contributed by atoms with van der Waals surface area (Å²) in [5.41, 5.74) is 0.355. The van der Waals surface area contributed by atoms with Crippen LogP contribution in [-0.2, 0) is 4.79 Å². The van der Waals surface area contributed by atoms with E-state index in [-0.39, 0.29) is 17.7 Å². The van der Waals surface area contributed by atoms with Crippen LogP contribution in [0.4, 0.5) is 4.39 Å². The molecule has 0 saturated carbocycles. The molecule has 0 radical (unpaired) electrons. The van der Waals surface area contributed by atoms with Crippen LogP contribution in [0.15, 0.2) is 24.3 Å². The van der Waals surface area contributed by atoms with E-state index in [4.69, 9.17) is 0 Å². The molecule has 1 atom stereocenters. The second-order valence-corrected chi connectivity index (χ2v) is 5.84. The van der Waals surface area contributed by atoms with Crippen molar-refractivity contribution in [3.05, 3.63) is 35.6 Å². The average Bonchev–Trinajstić information content (AvgIpc) is 2.58. The van der Waals surface area contributed by atoms with Crippen LogP contribution in [0.5, 0.6) is 0 Å². The lowest BCUT2D eigenvalue weighted by Crippen LogP contribution is -2.53. The molecular weight excluding hydrogens is 297 g/mol. The smallest absolute Gasteiger partial charge is 0.251 e. The minimum Gasteiger partial charge on any atom is -0.354 e. The topological polar surface area (TPSA) is 70.2 Å². The number of amides is 2. The van der Waals surface area contributed by atoms with Crippen molar-refractivity contribution in [2.45, 2.75) is 32.2 Å². The molecule has 0 aliphatic carbocycles. The molecule has 1 aliphatic heterocycles. The van der Waals surface area contributed by atoms with Gasteiger partial charge in [-0.3, -0.25) is 9.59 Å². The van der Waals surface area contributed by atoms with Gasteiger partial charge in [0, 0.05) is 12.1 Å². The van der Waals surface area contributed by atoms with Crippen LogP contribution in [0.25, 0.3) is 0 Å². The number of hydrogen-bond acceptors (Lipinski definition) is 3. The first-order chi connectivity index (χ1) is 11.1. The van der Waals surface area contributed by atoms with Gasteiger partial charge in [0.25, 0.3) is 5.91 Å². The first-order valence-electron chi connectivity index (χ1n) is 8.16. The second kappa shape index (κ2) is 8.62. The van der Waals surface area contributed by atoms with E-state index < -0.39 is 11.9 Å². The van der Waals surface area contributed by atoms with Gasteiger partial charge in [-0.25, -0.2) is 4.39 Å². The second-order valence-electron chi connectivity index (χ2n) is 5.84. The predicted molar refractivity (Wildman–Crippen MR) is 86.5 cm³/mol. The summed E-state index contributed by atoms with van der Waals surface area (Å²) in [6.45, 7) is 4.26. The third kappa shape index (κ3) is 5.03. The molecule has 6 heteroatoms. The van der Waals surface area contributed by atoms with Gasteiger partial charge < -0.3 is 16.0 Å². The predicted octanol–water partition coefficient (Wildman–Crippen LogP) is 1.45. The molecular formula is C17H24FN3O2. The third-order valence-corrected chi connectivity index (χ3v) is 4.08. The summed E-state index contributed by atoms with van der Waals surface area (Å²) in [5.74, 6) is -0.774. The van der Waals surface area contributed by atoms with E-state index in [9.17, 15) is 14.0 Å². The monoisotopic (exact) mass is 321 g/mol. The number of benzene rings is 1. The van der Waals surface area contributed by atoms with Crippen molar-refractivity contribution < 1.29 is 14.0 Å². The highest BCUT2D eigenvalue weighted by Crippen LogP contribution is 2.17. The molecule has 1 fully saturated rings. The molecule has 0 spiro atoms. The van der Waals surface area contributed by atoms with Crippen LogP contribution in [-0.4, -0.2) is 37.5 Å². The molecule has 1 unspecified atom stereocenters. The maximum Gasteiger partial charge on any atom is 0.251 e. The summed E-state index contributed by atoms with van der Waals surface area (Å²) in [5, 5.41) is 8.95. The highest BCUT2D eigenvalue weighted by atomic mass is 19.1. The Balaban J connectivity index is 2.07. The molecule has 126 valence electrons. The molecule has 23 heavy (non-hydrogen) atoms. The van der Waals surface area contributed by atoms with Gasteiger partial charge in [-0.1, -0.05) is 6.92 Å². The molecule has 5 nitrogen and oxygen atoms in total. The number of halogens is 1. The van der Waals surface area contributed by atoms with Gasteiger partial charge in [0.05, 0.1) is 0 Å². The van der Waals surface area contributed by atoms with Crippen molar-refractivity contribution in [2.24, 2.45) is 5.92 Å². The largest absolute Gasteiger partial charge is 0.354 e. The van der Waals surface area contributed by atoms with Crippen LogP contribution >= 0.6 is 0 Å². The normalized spacial score (nSPS) is 16.6. The Morgan fingerprint density at radius 1 is 1.26 bits per heavy atom. The van der Waals surface area contributed by atoms with E-state index >= 15 is 0 Å². The zero-order valence-corrected chi connectivity index (χ0v) is 13.4. The first-order valence-corrected chi connectivity index (χ1v) is 8.16. The number of rotatable bonds is 6. The number of nitrogens with one attached hydrogen (secondary N) is 3. The number of carbonyl (C=O) groups is 2. The minimum absolute atomic E-state index is 0.109. The quantitative estimate of drug-likeness (QED) is 0.743. The van der Waals surface area contributed by atoms with Crippen molar-refractivity contribution in [1.29, 1.82) is 0 Å². The van der Waals surface area contributed by atoms with Gasteiger partial charge >= 0.3 is 0 Å². The highest BCUT2D eigenvalue weighted by molar-refractivity contribution is 5.97. The lowest BCUT2D eigenvalue weighted by atomic mass is 9.89. The Bertz CT molecular complexity index is 527. The fourth-order valence-corrected chi connectivity index (χ4v) is 2.76. The van der Waals surface area contributed by atoms with Gasteiger partial charge in [0.2, 0.25) is 5.91 Å². The summed E-state index contributed by atoms with van der Waals surface area (Å²) in [6, 6.07) is 4.78. The summed E-state index contributed by atoms with van der Waals surface area (Å²) in [6.07, 6.45) is 2.53. The fraction of sp³-hybridized carbons (Fsp3) is 0.529. The third-order valence-electron chi connectivity index (χ3n) is 4.08. The summed E-state index contributed by atoms with van der Waals surface area (Å²) in [4.78, 5) is 24.8. The molecule has 1 aliphatic rings. The SMILES string of the molecule is CCCNC(=O)C(NC(=O)c1ccc(F)cc1)C1CCNCC1. The van der Waals surface area contributed by atoms with E-state index in [2.05, 4.69) is 16.0 Å². The van der Waals surface area contributed by atoms with E-state index in [0.29, 0.717) is 12.1 Å². The van der Waals surface area contributed by atoms with Crippen LogP contribution in [0, 0.1) is 11.7 Å². The number of piperidine rings is 1. The van der Waals surface area contributed by atoms with Crippen LogP contribution < -0.4 is 16.0 Å². The fourth-order valence-electron chi connectivity index (χ4n) is 2.76. The van der Waals surface area contributed by atoms with Gasteiger partial charge in [0.1, 0.15) is 11.9 Å². The zero-order valence-electron chi connectivity index (χ0n) is 13.4. The van der Waals surface area contributed by atoms with Crippen molar-refractivity contribution in [3.8, 4) is 0 Å². The molecule has 0 aromatic heterocycles. The molecule has 1 heterocycles. The van der Waals surface area contributed by atoms with Crippen LogP contribution in [0.3, 0.4) is 0 Å². The average molecular weight is 321 g/mol.